The minimum Gasteiger partial charge on any atom is -0.432 e. The molecule has 1 aliphatic carbocycles. The van der Waals surface area contributed by atoms with E-state index in [9.17, 15) is 4.79 Å². The molecule has 1 fully saturated rings. The van der Waals surface area contributed by atoms with Crippen LogP contribution in [0.3, 0.4) is 0 Å². The smallest absolute Gasteiger partial charge is 0.340 e. The summed E-state index contributed by atoms with van der Waals surface area (Å²) in [5, 5.41) is 0. The van der Waals surface area contributed by atoms with E-state index in [2.05, 4.69) is 74.4 Å². The first-order valence-corrected chi connectivity index (χ1v) is 12.7. The molecule has 32 heavy (non-hydrogen) atoms. The molecule has 1 aromatic carbocycles. The molecule has 3 nitrogen and oxygen atoms in total. The second kappa shape index (κ2) is 10.7. The lowest BCUT2D eigenvalue weighted by atomic mass is 9.67. The van der Waals surface area contributed by atoms with Crippen LogP contribution in [0.4, 0.5) is 0 Å². The Morgan fingerprint density at radius 1 is 0.938 bits per heavy atom. The first-order chi connectivity index (χ1) is 14.7. The summed E-state index contributed by atoms with van der Waals surface area (Å²) >= 11 is 0. The molecule has 0 aliphatic heterocycles. The highest BCUT2D eigenvalue weighted by Gasteiger charge is 2.34. The standard InChI is InChI=1S/C29H48O3/c1-10-29(8,9)24(20-27(2,3)4)21-16-18-22(19-17-21)25(30)32-26(28(5,6)7)31-23-14-12-11-13-15-23/h16-19,23-24,26H,10-15,20H2,1-9H3. The van der Waals surface area contributed by atoms with E-state index < -0.39 is 6.29 Å². The van der Waals surface area contributed by atoms with Crippen molar-refractivity contribution in [1.82, 2.24) is 0 Å². The summed E-state index contributed by atoms with van der Waals surface area (Å²) in [6.07, 6.45) is 7.66. The van der Waals surface area contributed by atoms with Crippen molar-refractivity contribution in [3.8, 4) is 0 Å². The van der Waals surface area contributed by atoms with E-state index in [-0.39, 0.29) is 28.3 Å². The third-order valence-corrected chi connectivity index (χ3v) is 7.01. The molecular formula is C29H48O3. The van der Waals surface area contributed by atoms with Crippen molar-refractivity contribution in [3.63, 3.8) is 0 Å². The molecule has 0 amide bonds. The SMILES string of the molecule is CCC(C)(C)C(CC(C)(C)C)c1ccc(C(=O)OC(OC2CCCCC2)C(C)(C)C)cc1. The van der Waals surface area contributed by atoms with E-state index in [1.807, 2.05) is 12.1 Å². The van der Waals surface area contributed by atoms with Crippen LogP contribution in [-0.4, -0.2) is 18.4 Å². The lowest BCUT2D eigenvalue weighted by Gasteiger charge is -2.38. The van der Waals surface area contributed by atoms with Crippen molar-refractivity contribution in [1.29, 1.82) is 0 Å². The van der Waals surface area contributed by atoms with E-state index >= 15 is 0 Å². The highest BCUT2D eigenvalue weighted by molar-refractivity contribution is 5.89. The maximum atomic E-state index is 13.0. The minimum absolute atomic E-state index is 0.192. The van der Waals surface area contributed by atoms with Gasteiger partial charge in [-0.25, -0.2) is 4.79 Å². The third kappa shape index (κ3) is 7.90. The summed E-state index contributed by atoms with van der Waals surface area (Å²) in [6.45, 7) is 20.1. The molecular weight excluding hydrogens is 396 g/mol. The van der Waals surface area contributed by atoms with Gasteiger partial charge in [0.15, 0.2) is 0 Å². The number of carbonyl (C=O) groups is 1. The summed E-state index contributed by atoms with van der Waals surface area (Å²) in [5.74, 6) is 0.143. The Bertz CT molecular complexity index is 712. The summed E-state index contributed by atoms with van der Waals surface area (Å²) < 4.78 is 12.2. The zero-order valence-corrected chi connectivity index (χ0v) is 22.2. The molecule has 0 saturated heterocycles. The van der Waals surface area contributed by atoms with Gasteiger partial charge in [0.1, 0.15) is 0 Å². The monoisotopic (exact) mass is 444 g/mol. The lowest BCUT2D eigenvalue weighted by molar-refractivity contribution is -0.194. The van der Waals surface area contributed by atoms with Crippen molar-refractivity contribution in [2.24, 2.45) is 16.2 Å². The Balaban J connectivity index is 2.16. The molecule has 0 radical (unpaired) electrons. The quantitative estimate of drug-likeness (QED) is 0.298. The predicted molar refractivity (Wildman–Crippen MR) is 134 cm³/mol. The predicted octanol–water partition coefficient (Wildman–Crippen LogP) is 8.52. The van der Waals surface area contributed by atoms with Crippen LogP contribution in [-0.2, 0) is 9.47 Å². The average Bonchev–Trinajstić information content (AvgIpc) is 2.71. The molecule has 182 valence electrons. The maximum Gasteiger partial charge on any atom is 0.340 e. The third-order valence-electron chi connectivity index (χ3n) is 7.01. The van der Waals surface area contributed by atoms with Gasteiger partial charge in [0, 0.05) is 5.41 Å². The van der Waals surface area contributed by atoms with Crippen LogP contribution in [0.25, 0.3) is 0 Å². The molecule has 2 rings (SSSR count). The second-order valence-corrected chi connectivity index (χ2v) is 12.8. The van der Waals surface area contributed by atoms with E-state index in [1.165, 1.54) is 24.8 Å². The van der Waals surface area contributed by atoms with Crippen LogP contribution >= 0.6 is 0 Å². The zero-order valence-electron chi connectivity index (χ0n) is 22.2. The maximum absolute atomic E-state index is 13.0. The number of ether oxygens (including phenoxy) is 2. The van der Waals surface area contributed by atoms with Crippen molar-refractivity contribution in [3.05, 3.63) is 35.4 Å². The van der Waals surface area contributed by atoms with Crippen LogP contribution in [0.1, 0.15) is 129 Å². The summed E-state index contributed by atoms with van der Waals surface area (Å²) in [6, 6.07) is 8.11. The molecule has 0 bridgehead atoms. The van der Waals surface area contributed by atoms with Crippen LogP contribution in [0.5, 0.6) is 0 Å². The van der Waals surface area contributed by atoms with Crippen molar-refractivity contribution >= 4 is 5.97 Å². The fraction of sp³-hybridized carbons (Fsp3) is 0.759. The van der Waals surface area contributed by atoms with Gasteiger partial charge in [0.2, 0.25) is 6.29 Å². The van der Waals surface area contributed by atoms with Gasteiger partial charge in [-0.05, 0) is 53.7 Å². The van der Waals surface area contributed by atoms with Gasteiger partial charge in [-0.2, -0.15) is 0 Å². The van der Waals surface area contributed by atoms with Crippen LogP contribution in [0, 0.1) is 16.2 Å². The minimum atomic E-state index is -0.537. The molecule has 1 aliphatic rings. The molecule has 2 atom stereocenters. The fourth-order valence-electron chi connectivity index (χ4n) is 4.51. The highest BCUT2D eigenvalue weighted by Crippen LogP contribution is 2.45. The lowest BCUT2D eigenvalue weighted by Crippen LogP contribution is -2.38. The van der Waals surface area contributed by atoms with Gasteiger partial charge in [-0.3, -0.25) is 0 Å². The Morgan fingerprint density at radius 3 is 1.97 bits per heavy atom. The normalized spacial score (nSPS) is 18.3. The first kappa shape index (κ1) is 26.9. The van der Waals surface area contributed by atoms with Gasteiger partial charge in [0.25, 0.3) is 0 Å². The molecule has 1 aromatic rings. The van der Waals surface area contributed by atoms with E-state index in [1.54, 1.807) is 0 Å². The Hall–Kier alpha value is -1.35. The molecule has 0 N–H and O–H groups in total. The second-order valence-electron chi connectivity index (χ2n) is 12.8. The Morgan fingerprint density at radius 2 is 1.50 bits per heavy atom. The Kier molecular flexibility index (Phi) is 9.01. The van der Waals surface area contributed by atoms with E-state index in [0.717, 1.165) is 25.7 Å². The number of esters is 1. The number of hydrogen-bond acceptors (Lipinski definition) is 3. The number of benzene rings is 1. The summed E-state index contributed by atoms with van der Waals surface area (Å²) in [4.78, 5) is 13.0. The van der Waals surface area contributed by atoms with Crippen molar-refractivity contribution in [2.45, 2.75) is 126 Å². The molecule has 2 unspecified atom stereocenters. The number of rotatable bonds is 8. The molecule has 0 heterocycles. The van der Waals surface area contributed by atoms with Gasteiger partial charge >= 0.3 is 5.97 Å². The van der Waals surface area contributed by atoms with Gasteiger partial charge < -0.3 is 9.47 Å². The van der Waals surface area contributed by atoms with Crippen molar-refractivity contribution in [2.75, 3.05) is 0 Å². The van der Waals surface area contributed by atoms with E-state index in [4.69, 9.17) is 9.47 Å². The van der Waals surface area contributed by atoms with Crippen molar-refractivity contribution < 1.29 is 14.3 Å². The van der Waals surface area contributed by atoms with Gasteiger partial charge in [-0.1, -0.05) is 100 Å². The van der Waals surface area contributed by atoms with Crippen LogP contribution < -0.4 is 0 Å². The topological polar surface area (TPSA) is 35.5 Å². The van der Waals surface area contributed by atoms with E-state index in [0.29, 0.717) is 11.5 Å². The first-order valence-electron chi connectivity index (χ1n) is 12.7. The van der Waals surface area contributed by atoms with Crippen LogP contribution in [0.15, 0.2) is 24.3 Å². The largest absolute Gasteiger partial charge is 0.432 e. The number of carbonyl (C=O) groups excluding carboxylic acids is 1. The average molecular weight is 445 g/mol. The van der Waals surface area contributed by atoms with Gasteiger partial charge in [-0.15, -0.1) is 0 Å². The number of hydrogen-bond donors (Lipinski definition) is 0. The molecule has 0 aromatic heterocycles. The van der Waals surface area contributed by atoms with Gasteiger partial charge in [0.05, 0.1) is 11.7 Å². The zero-order chi connectivity index (χ0) is 24.2. The summed E-state index contributed by atoms with van der Waals surface area (Å²) in [5.41, 5.74) is 2.06. The fourth-order valence-corrected chi connectivity index (χ4v) is 4.51. The highest BCUT2D eigenvalue weighted by atomic mass is 16.7. The van der Waals surface area contributed by atoms with Crippen LogP contribution in [0.2, 0.25) is 0 Å². The Labute approximate surface area is 197 Å². The molecule has 0 spiro atoms. The summed E-state index contributed by atoms with van der Waals surface area (Å²) in [7, 11) is 0. The molecule has 1 saturated carbocycles. The molecule has 3 heteroatoms.